The molecule has 6 aromatic rings. The summed E-state index contributed by atoms with van der Waals surface area (Å²) >= 11 is 0. The zero-order valence-corrected chi connectivity index (χ0v) is 25.3. The van der Waals surface area contributed by atoms with Crippen LogP contribution in [0.2, 0.25) is 0 Å². The predicted molar refractivity (Wildman–Crippen MR) is 174 cm³/mol. The number of carbonyl (C=O) groups is 1. The summed E-state index contributed by atoms with van der Waals surface area (Å²) in [6, 6.07) is 25.6. The number of amides is 1. The quantitative estimate of drug-likeness (QED) is 0.0833. The maximum absolute atomic E-state index is 13.3. The third-order valence-corrected chi connectivity index (χ3v) is 8.54. The van der Waals surface area contributed by atoms with E-state index in [-0.39, 0.29) is 32.6 Å². The number of para-hydroxylation sites is 3. The van der Waals surface area contributed by atoms with Crippen molar-refractivity contribution in [1.29, 1.82) is 0 Å². The summed E-state index contributed by atoms with van der Waals surface area (Å²) in [7, 11) is -3.14. The molecule has 0 fully saturated rings. The Bertz CT molecular complexity index is 2320. The molecule has 0 spiro atoms. The largest absolute Gasteiger partial charge is 0.505 e. The summed E-state index contributed by atoms with van der Waals surface area (Å²) < 4.78 is 36.7. The number of fused-ring (bicyclic) bond motifs is 2. The van der Waals surface area contributed by atoms with Crippen LogP contribution >= 0.6 is 0 Å². The lowest BCUT2D eigenvalue weighted by atomic mass is 10.0. The number of methoxy groups -OCH3 is 1. The number of carbonyl (C=O) groups excluding carboxylic acids is 1. The van der Waals surface area contributed by atoms with E-state index in [0.29, 0.717) is 22.2 Å². The Hall–Kier alpha value is -6.34. The Morgan fingerprint density at radius 2 is 1.40 bits per heavy atom. The number of nitrogens with zero attached hydrogens (tertiary/aromatic N) is 2. The molecule has 6 aromatic carbocycles. The minimum atomic E-state index is -4.60. The molecule has 1 amide bonds. The van der Waals surface area contributed by atoms with Gasteiger partial charge in [-0.1, -0.05) is 60.7 Å². The first-order valence-electron chi connectivity index (χ1n) is 13.9. The molecule has 0 bridgehead atoms. The van der Waals surface area contributed by atoms with Gasteiger partial charge in [-0.3, -0.25) is 4.79 Å². The second-order valence-corrected chi connectivity index (χ2v) is 11.7. The number of hydrogen-bond acceptors (Lipinski definition) is 11. The molecule has 0 radical (unpaired) electrons. The minimum absolute atomic E-state index is 0.0417. The summed E-state index contributed by atoms with van der Waals surface area (Å²) in [5, 5.41) is 54.7. The number of hydrogen-bond donors (Lipinski definition) is 5. The molecule has 5 N–H and O–H groups in total. The average Bonchev–Trinajstić information content (AvgIpc) is 3.06. The van der Waals surface area contributed by atoms with Crippen LogP contribution in [0.1, 0.15) is 10.4 Å². The van der Waals surface area contributed by atoms with Gasteiger partial charge in [-0.2, -0.15) is 8.42 Å². The highest BCUT2D eigenvalue weighted by Crippen LogP contribution is 2.43. The topological polar surface area (TPSA) is 187 Å². The number of nitrogens with one attached hydrogen (secondary N) is 1. The fraction of sp³-hybridized carbons (Fsp3) is 0.0294. The van der Waals surface area contributed by atoms with E-state index in [1.807, 2.05) is 0 Å². The molecular formula is C34H25N3O9S. The molecule has 0 aliphatic rings. The van der Waals surface area contributed by atoms with E-state index in [1.165, 1.54) is 49.6 Å². The second-order valence-electron chi connectivity index (χ2n) is 10.1. The molecule has 0 saturated carbocycles. The number of azo groups is 1. The van der Waals surface area contributed by atoms with E-state index in [2.05, 4.69) is 15.5 Å². The van der Waals surface area contributed by atoms with Gasteiger partial charge in [0.15, 0.2) is 23.0 Å². The predicted octanol–water partition coefficient (Wildman–Crippen LogP) is 7.26. The molecule has 0 unspecified atom stereocenters. The number of rotatable bonds is 8. The summed E-state index contributed by atoms with van der Waals surface area (Å²) in [6.45, 7) is 0. The van der Waals surface area contributed by atoms with Crippen LogP contribution in [0.25, 0.3) is 21.5 Å². The third kappa shape index (κ3) is 5.78. The molecule has 12 nitrogen and oxygen atoms in total. The molecular weight excluding hydrogens is 626 g/mol. The SMILES string of the molecule is COc1ccccc1NC(=O)c1cc2ccccc2c(N=Nc2ccc3c(S(=O)(=O)Oc4c(O)cccc4O)cccc3c2O)c1O. The lowest BCUT2D eigenvalue weighted by Crippen LogP contribution is -2.13. The van der Waals surface area contributed by atoms with Crippen LogP contribution in [0.15, 0.2) is 118 Å². The van der Waals surface area contributed by atoms with Gasteiger partial charge in [0.1, 0.15) is 22.0 Å². The van der Waals surface area contributed by atoms with E-state index in [1.54, 1.807) is 48.5 Å². The van der Waals surface area contributed by atoms with Crippen molar-refractivity contribution in [3.05, 3.63) is 109 Å². The number of phenols is 4. The van der Waals surface area contributed by atoms with Gasteiger partial charge in [0.05, 0.1) is 18.4 Å². The van der Waals surface area contributed by atoms with Crippen molar-refractivity contribution in [2.45, 2.75) is 4.90 Å². The van der Waals surface area contributed by atoms with Gasteiger partial charge >= 0.3 is 10.1 Å². The van der Waals surface area contributed by atoms with E-state index >= 15 is 0 Å². The first kappa shape index (κ1) is 30.7. The highest BCUT2D eigenvalue weighted by Gasteiger charge is 2.25. The van der Waals surface area contributed by atoms with Crippen molar-refractivity contribution in [2.75, 3.05) is 12.4 Å². The van der Waals surface area contributed by atoms with E-state index in [0.717, 1.165) is 12.1 Å². The first-order chi connectivity index (χ1) is 22.6. The maximum Gasteiger partial charge on any atom is 0.340 e. The second kappa shape index (κ2) is 12.2. The highest BCUT2D eigenvalue weighted by atomic mass is 32.2. The Morgan fingerprint density at radius 1 is 0.723 bits per heavy atom. The Balaban J connectivity index is 1.39. The monoisotopic (exact) mass is 651 g/mol. The standard InChI is InChI=1S/C34H25N3O9S/c1-45-28-14-5-4-11-24(28)35-34(42)23-18-19-8-2-3-9-20(19)30(32(23)41)37-36-25-17-16-21-22(31(25)40)10-6-15-29(21)47(43,44)46-33-26(38)12-7-13-27(33)39/h2-18,38-41H,1H3,(H,35,42). The Kier molecular flexibility index (Phi) is 7.97. The molecule has 13 heteroatoms. The maximum atomic E-state index is 13.3. The van der Waals surface area contributed by atoms with E-state index in [4.69, 9.17) is 8.92 Å². The molecule has 0 atom stereocenters. The molecule has 236 valence electrons. The highest BCUT2D eigenvalue weighted by molar-refractivity contribution is 7.87. The van der Waals surface area contributed by atoms with Crippen molar-refractivity contribution >= 4 is 54.6 Å². The smallest absolute Gasteiger partial charge is 0.340 e. The van der Waals surface area contributed by atoms with Crippen LogP contribution in [0.4, 0.5) is 17.1 Å². The van der Waals surface area contributed by atoms with Gasteiger partial charge in [-0.15, -0.1) is 10.2 Å². The fourth-order valence-electron chi connectivity index (χ4n) is 4.99. The van der Waals surface area contributed by atoms with E-state index in [9.17, 15) is 33.6 Å². The summed E-state index contributed by atoms with van der Waals surface area (Å²) in [6.07, 6.45) is 0. The normalized spacial score (nSPS) is 11.6. The lowest BCUT2D eigenvalue weighted by molar-refractivity contribution is 0.102. The summed E-state index contributed by atoms with van der Waals surface area (Å²) in [5.41, 5.74) is 0.191. The van der Waals surface area contributed by atoms with Gasteiger partial charge in [0.25, 0.3) is 5.91 Å². The van der Waals surface area contributed by atoms with Crippen LogP contribution in [0, 0.1) is 0 Å². The Morgan fingerprint density at radius 3 is 2.17 bits per heavy atom. The minimum Gasteiger partial charge on any atom is -0.505 e. The number of phenolic OH excluding ortho intramolecular Hbond substituents is 4. The van der Waals surface area contributed by atoms with Gasteiger partial charge in [0.2, 0.25) is 5.75 Å². The van der Waals surface area contributed by atoms with Gasteiger partial charge in [0, 0.05) is 16.2 Å². The summed E-state index contributed by atoms with van der Waals surface area (Å²) in [4.78, 5) is 13.0. The van der Waals surface area contributed by atoms with Gasteiger partial charge in [-0.25, -0.2) is 0 Å². The van der Waals surface area contributed by atoms with Crippen LogP contribution in [0.5, 0.6) is 34.5 Å². The lowest BCUT2D eigenvalue weighted by Gasteiger charge is -2.13. The molecule has 0 aliphatic carbocycles. The number of anilines is 1. The van der Waals surface area contributed by atoms with Gasteiger partial charge in [-0.05, 0) is 47.9 Å². The molecule has 0 saturated heterocycles. The molecule has 47 heavy (non-hydrogen) atoms. The van der Waals surface area contributed by atoms with Crippen LogP contribution in [0.3, 0.4) is 0 Å². The molecule has 6 rings (SSSR count). The van der Waals surface area contributed by atoms with Crippen molar-refractivity contribution in [3.8, 4) is 34.5 Å². The Labute approximate surface area is 267 Å². The third-order valence-electron chi connectivity index (χ3n) is 7.26. The van der Waals surface area contributed by atoms with E-state index < -0.39 is 44.8 Å². The van der Waals surface area contributed by atoms with Crippen molar-refractivity contribution in [2.24, 2.45) is 10.2 Å². The van der Waals surface area contributed by atoms with Crippen molar-refractivity contribution in [1.82, 2.24) is 0 Å². The number of benzene rings is 6. The average molecular weight is 652 g/mol. The zero-order chi connectivity index (χ0) is 33.3. The molecule has 0 aliphatic heterocycles. The first-order valence-corrected chi connectivity index (χ1v) is 15.3. The number of ether oxygens (including phenoxy) is 1. The van der Waals surface area contributed by atoms with Crippen molar-refractivity contribution < 1.29 is 42.6 Å². The van der Waals surface area contributed by atoms with Crippen LogP contribution in [-0.2, 0) is 10.1 Å². The van der Waals surface area contributed by atoms with Crippen molar-refractivity contribution in [3.63, 3.8) is 0 Å². The number of aromatic hydroxyl groups is 4. The fourth-order valence-corrected chi connectivity index (χ4v) is 6.16. The molecule has 0 heterocycles. The van der Waals surface area contributed by atoms with Crippen LogP contribution < -0.4 is 14.2 Å². The zero-order valence-electron chi connectivity index (χ0n) is 24.4. The summed E-state index contributed by atoms with van der Waals surface area (Å²) in [5.74, 6) is -2.92. The molecule has 0 aromatic heterocycles. The van der Waals surface area contributed by atoms with Crippen LogP contribution in [-0.4, -0.2) is 41.9 Å². The van der Waals surface area contributed by atoms with Gasteiger partial charge < -0.3 is 34.7 Å².